The lowest BCUT2D eigenvalue weighted by atomic mass is 9.98. The molecular weight excluding hydrogens is 274 g/mol. The van der Waals surface area contributed by atoms with Crippen LogP contribution in [0, 0.1) is 18.8 Å². The molecule has 1 aliphatic heterocycles. The topological polar surface area (TPSA) is 38.3 Å². The second-order valence-electron chi connectivity index (χ2n) is 5.31. The van der Waals surface area contributed by atoms with Gasteiger partial charge in [0.1, 0.15) is 5.75 Å². The van der Waals surface area contributed by atoms with Crippen LogP contribution in [0.1, 0.15) is 32.6 Å². The zero-order valence-corrected chi connectivity index (χ0v) is 12.7. The fraction of sp³-hybridized carbons (Fsp3) is 0.211. The van der Waals surface area contributed by atoms with E-state index >= 15 is 0 Å². The summed E-state index contributed by atoms with van der Waals surface area (Å²) in [4.78, 5) is 11.7. The molecule has 22 heavy (non-hydrogen) atoms. The molecule has 110 valence electrons. The number of nitrogens with one attached hydrogen (secondary N) is 1. The molecular formula is C19H17NO2. The second-order valence-corrected chi connectivity index (χ2v) is 5.31. The average Bonchev–Trinajstić information content (AvgIpc) is 2.53. The van der Waals surface area contributed by atoms with Crippen molar-refractivity contribution in [1.82, 2.24) is 5.32 Å². The van der Waals surface area contributed by atoms with Crippen LogP contribution >= 0.6 is 0 Å². The molecule has 1 N–H and O–H groups in total. The molecule has 1 amide bonds. The normalized spacial score (nSPS) is 12.7. The summed E-state index contributed by atoms with van der Waals surface area (Å²) in [6.07, 6.45) is 0.859. The predicted molar refractivity (Wildman–Crippen MR) is 86.2 cm³/mol. The van der Waals surface area contributed by atoms with Gasteiger partial charge >= 0.3 is 0 Å². The summed E-state index contributed by atoms with van der Waals surface area (Å²) in [6, 6.07) is 11.6. The lowest BCUT2D eigenvalue weighted by Crippen LogP contribution is -2.31. The molecule has 0 aromatic heterocycles. The van der Waals surface area contributed by atoms with Gasteiger partial charge in [-0.15, -0.1) is 0 Å². The predicted octanol–water partition coefficient (Wildman–Crippen LogP) is 2.69. The highest BCUT2D eigenvalue weighted by molar-refractivity contribution is 5.96. The average molecular weight is 291 g/mol. The molecule has 2 aromatic carbocycles. The Kier molecular flexibility index (Phi) is 3.84. The third-order valence-corrected chi connectivity index (χ3v) is 3.80. The highest BCUT2D eigenvalue weighted by Gasteiger charge is 2.15. The van der Waals surface area contributed by atoms with Gasteiger partial charge in [-0.1, -0.05) is 11.8 Å². The van der Waals surface area contributed by atoms with Gasteiger partial charge in [-0.2, -0.15) is 0 Å². The van der Waals surface area contributed by atoms with E-state index in [4.69, 9.17) is 4.74 Å². The number of benzene rings is 2. The zero-order valence-electron chi connectivity index (χ0n) is 12.7. The van der Waals surface area contributed by atoms with E-state index in [9.17, 15) is 4.79 Å². The number of aryl methyl sites for hydroxylation is 1. The number of carbonyl (C=O) groups excluding carboxylic acids is 1. The van der Waals surface area contributed by atoms with Crippen molar-refractivity contribution < 1.29 is 9.53 Å². The van der Waals surface area contributed by atoms with E-state index in [1.807, 2.05) is 43.3 Å². The molecule has 3 nitrogen and oxygen atoms in total. The molecule has 1 heterocycles. The molecule has 0 spiro atoms. The number of fused-ring (bicyclic) bond motifs is 1. The Bertz CT molecular complexity index is 797. The third-order valence-electron chi connectivity index (χ3n) is 3.80. The van der Waals surface area contributed by atoms with Gasteiger partial charge in [0.15, 0.2) is 0 Å². The van der Waals surface area contributed by atoms with Crippen molar-refractivity contribution in [2.75, 3.05) is 13.7 Å². The first-order chi connectivity index (χ1) is 10.7. The number of amides is 1. The maximum atomic E-state index is 11.7. The largest absolute Gasteiger partial charge is 0.497 e. The monoisotopic (exact) mass is 291 g/mol. The number of carbonyl (C=O) groups is 1. The van der Waals surface area contributed by atoms with E-state index in [0.29, 0.717) is 6.54 Å². The van der Waals surface area contributed by atoms with Gasteiger partial charge in [-0.3, -0.25) is 4.79 Å². The summed E-state index contributed by atoms with van der Waals surface area (Å²) < 4.78 is 5.20. The summed E-state index contributed by atoms with van der Waals surface area (Å²) in [7, 11) is 1.66. The van der Waals surface area contributed by atoms with Crippen LogP contribution in [0.15, 0.2) is 36.4 Å². The van der Waals surface area contributed by atoms with E-state index in [1.54, 1.807) is 7.11 Å². The molecule has 1 aliphatic rings. The summed E-state index contributed by atoms with van der Waals surface area (Å²) in [5, 5.41) is 2.85. The lowest BCUT2D eigenvalue weighted by molar-refractivity contribution is 0.0946. The molecule has 0 saturated carbocycles. The Balaban J connectivity index is 1.90. The van der Waals surface area contributed by atoms with E-state index in [0.717, 1.165) is 40.0 Å². The summed E-state index contributed by atoms with van der Waals surface area (Å²) in [5.74, 6) is 7.22. The Labute approximate surface area is 130 Å². The maximum absolute atomic E-state index is 11.7. The standard InChI is InChI=1S/C19H17NO2/c1-13-11-17(22-2)7-6-15(13)5-3-14-4-8-18-16(12-14)9-10-20-19(18)21/h4,6-8,11-12H,9-10H2,1-2H3,(H,20,21). The number of hydrogen-bond acceptors (Lipinski definition) is 2. The van der Waals surface area contributed by atoms with Gasteiger partial charge in [-0.05, 0) is 60.9 Å². The van der Waals surface area contributed by atoms with Crippen molar-refractivity contribution in [3.63, 3.8) is 0 Å². The first kappa shape index (κ1) is 14.2. The van der Waals surface area contributed by atoms with Crippen LogP contribution in [-0.4, -0.2) is 19.6 Å². The molecule has 0 aliphatic carbocycles. The van der Waals surface area contributed by atoms with E-state index < -0.39 is 0 Å². The molecule has 0 saturated heterocycles. The van der Waals surface area contributed by atoms with Gasteiger partial charge in [0.25, 0.3) is 5.91 Å². The van der Waals surface area contributed by atoms with Gasteiger partial charge in [0.2, 0.25) is 0 Å². The van der Waals surface area contributed by atoms with Gasteiger partial charge < -0.3 is 10.1 Å². The van der Waals surface area contributed by atoms with Crippen molar-refractivity contribution in [3.05, 3.63) is 64.2 Å². The van der Waals surface area contributed by atoms with E-state index in [2.05, 4.69) is 17.2 Å². The van der Waals surface area contributed by atoms with Crippen LogP contribution in [0.3, 0.4) is 0 Å². The Morgan fingerprint density at radius 2 is 2.00 bits per heavy atom. The molecule has 0 radical (unpaired) electrons. The SMILES string of the molecule is COc1ccc(C#Cc2ccc3c(c2)CCNC3=O)c(C)c1. The molecule has 0 bridgehead atoms. The van der Waals surface area contributed by atoms with Gasteiger partial charge in [0, 0.05) is 23.2 Å². The minimum absolute atomic E-state index is 0.00626. The van der Waals surface area contributed by atoms with Crippen molar-refractivity contribution in [2.24, 2.45) is 0 Å². The van der Waals surface area contributed by atoms with Crippen molar-refractivity contribution in [1.29, 1.82) is 0 Å². The smallest absolute Gasteiger partial charge is 0.251 e. The second kappa shape index (κ2) is 5.95. The van der Waals surface area contributed by atoms with Crippen LogP contribution in [0.5, 0.6) is 5.75 Å². The van der Waals surface area contributed by atoms with Crippen molar-refractivity contribution in [2.45, 2.75) is 13.3 Å². The summed E-state index contributed by atoms with van der Waals surface area (Å²) in [6.45, 7) is 2.71. The molecule has 0 unspecified atom stereocenters. The van der Waals surface area contributed by atoms with E-state index in [1.165, 1.54) is 0 Å². The molecule has 0 atom stereocenters. The highest BCUT2D eigenvalue weighted by Crippen LogP contribution is 2.17. The van der Waals surface area contributed by atoms with Crippen LogP contribution in [0.4, 0.5) is 0 Å². The van der Waals surface area contributed by atoms with Crippen LogP contribution in [0.2, 0.25) is 0 Å². The number of methoxy groups -OCH3 is 1. The summed E-state index contributed by atoms with van der Waals surface area (Å²) in [5.41, 5.74) is 4.84. The quantitative estimate of drug-likeness (QED) is 0.820. The minimum atomic E-state index is 0.00626. The lowest BCUT2D eigenvalue weighted by Gasteiger charge is -2.16. The third kappa shape index (κ3) is 2.82. The molecule has 0 fully saturated rings. The molecule has 2 aromatic rings. The number of ether oxygens (including phenoxy) is 1. The summed E-state index contributed by atoms with van der Waals surface area (Å²) >= 11 is 0. The number of rotatable bonds is 1. The van der Waals surface area contributed by atoms with Gasteiger partial charge in [-0.25, -0.2) is 0 Å². The Morgan fingerprint density at radius 3 is 2.77 bits per heavy atom. The first-order valence-electron chi connectivity index (χ1n) is 7.25. The fourth-order valence-corrected chi connectivity index (χ4v) is 2.55. The number of hydrogen-bond donors (Lipinski definition) is 1. The maximum Gasteiger partial charge on any atom is 0.251 e. The van der Waals surface area contributed by atoms with Crippen molar-refractivity contribution in [3.8, 4) is 17.6 Å². The van der Waals surface area contributed by atoms with Crippen LogP contribution < -0.4 is 10.1 Å². The van der Waals surface area contributed by atoms with Gasteiger partial charge in [0.05, 0.1) is 7.11 Å². The van der Waals surface area contributed by atoms with E-state index in [-0.39, 0.29) is 5.91 Å². The minimum Gasteiger partial charge on any atom is -0.497 e. The first-order valence-corrected chi connectivity index (χ1v) is 7.25. The highest BCUT2D eigenvalue weighted by atomic mass is 16.5. The molecule has 3 heteroatoms. The molecule has 3 rings (SSSR count). The van der Waals surface area contributed by atoms with Crippen LogP contribution in [-0.2, 0) is 6.42 Å². The zero-order chi connectivity index (χ0) is 15.5. The van der Waals surface area contributed by atoms with Crippen LogP contribution in [0.25, 0.3) is 0 Å². The Hall–Kier alpha value is -2.73. The van der Waals surface area contributed by atoms with Crippen molar-refractivity contribution >= 4 is 5.91 Å². The fourth-order valence-electron chi connectivity index (χ4n) is 2.55. The Morgan fingerprint density at radius 1 is 1.14 bits per heavy atom.